The number of carbonyl (C=O) groups excluding carboxylic acids is 1. The Bertz CT molecular complexity index is 645. The summed E-state index contributed by atoms with van der Waals surface area (Å²) in [4.78, 5) is 12.3. The van der Waals surface area contributed by atoms with E-state index in [1.54, 1.807) is 0 Å². The van der Waals surface area contributed by atoms with Crippen LogP contribution in [-0.4, -0.2) is 12.5 Å². The van der Waals surface area contributed by atoms with Crippen LogP contribution < -0.4 is 10.1 Å². The highest BCUT2D eigenvalue weighted by atomic mass is 16.5. The summed E-state index contributed by atoms with van der Waals surface area (Å²) in [5.41, 5.74) is 3.39. The number of amides is 1. The first-order chi connectivity index (χ1) is 11.4. The van der Waals surface area contributed by atoms with Crippen LogP contribution in [0, 0.1) is 19.8 Å². The van der Waals surface area contributed by atoms with Gasteiger partial charge in [0.2, 0.25) is 0 Å². The number of aryl methyl sites for hydroxylation is 2. The predicted octanol–water partition coefficient (Wildman–Crippen LogP) is 4.59. The van der Waals surface area contributed by atoms with Gasteiger partial charge in [-0.05, 0) is 55.0 Å². The molecule has 3 nitrogen and oxygen atoms in total. The van der Waals surface area contributed by atoms with Crippen LogP contribution >= 0.6 is 0 Å². The summed E-state index contributed by atoms with van der Waals surface area (Å²) in [5.74, 6) is 1.14. The number of carbonyl (C=O) groups is 1. The smallest absolute Gasteiger partial charge is 0.258 e. The van der Waals surface area contributed by atoms with Gasteiger partial charge in [0.05, 0.1) is 6.04 Å². The summed E-state index contributed by atoms with van der Waals surface area (Å²) in [7, 11) is 0. The van der Waals surface area contributed by atoms with Gasteiger partial charge in [-0.1, -0.05) is 50.2 Å². The van der Waals surface area contributed by atoms with Crippen LogP contribution in [-0.2, 0) is 4.79 Å². The van der Waals surface area contributed by atoms with Crippen molar-refractivity contribution in [2.45, 2.75) is 40.2 Å². The first-order valence-corrected chi connectivity index (χ1v) is 8.49. The molecule has 0 saturated heterocycles. The van der Waals surface area contributed by atoms with Crippen molar-refractivity contribution in [1.82, 2.24) is 5.32 Å². The average Bonchev–Trinajstić information content (AvgIpc) is 2.52. The monoisotopic (exact) mass is 325 g/mol. The molecule has 1 atom stereocenters. The van der Waals surface area contributed by atoms with E-state index >= 15 is 0 Å². The lowest BCUT2D eigenvalue weighted by Gasteiger charge is -2.21. The summed E-state index contributed by atoms with van der Waals surface area (Å²) in [6, 6.07) is 16.1. The topological polar surface area (TPSA) is 38.3 Å². The third kappa shape index (κ3) is 5.73. The normalized spacial score (nSPS) is 12.0. The van der Waals surface area contributed by atoms with Crippen molar-refractivity contribution >= 4 is 5.91 Å². The maximum Gasteiger partial charge on any atom is 0.258 e. The molecule has 24 heavy (non-hydrogen) atoms. The molecular formula is C21H27NO2. The quantitative estimate of drug-likeness (QED) is 0.809. The lowest BCUT2D eigenvalue weighted by Crippen LogP contribution is -2.33. The Morgan fingerprint density at radius 1 is 1.04 bits per heavy atom. The number of nitrogens with one attached hydrogen (secondary N) is 1. The number of hydrogen-bond donors (Lipinski definition) is 1. The van der Waals surface area contributed by atoms with Gasteiger partial charge >= 0.3 is 0 Å². The second kappa shape index (κ2) is 8.53. The minimum atomic E-state index is -0.0938. The molecule has 2 aromatic rings. The third-order valence-corrected chi connectivity index (χ3v) is 3.81. The molecule has 2 aromatic carbocycles. The van der Waals surface area contributed by atoms with Crippen LogP contribution in [0.15, 0.2) is 48.5 Å². The van der Waals surface area contributed by atoms with Gasteiger partial charge in [-0.25, -0.2) is 0 Å². The van der Waals surface area contributed by atoms with Gasteiger partial charge in [-0.3, -0.25) is 4.79 Å². The zero-order chi connectivity index (χ0) is 17.5. The van der Waals surface area contributed by atoms with E-state index in [0.717, 1.165) is 28.9 Å². The lowest BCUT2D eigenvalue weighted by molar-refractivity contribution is -0.124. The summed E-state index contributed by atoms with van der Waals surface area (Å²) in [6.07, 6.45) is 0.902. The van der Waals surface area contributed by atoms with Crippen molar-refractivity contribution in [3.63, 3.8) is 0 Å². The molecule has 1 amide bonds. The van der Waals surface area contributed by atoms with Crippen molar-refractivity contribution in [3.05, 3.63) is 65.2 Å². The van der Waals surface area contributed by atoms with Crippen LogP contribution in [0.4, 0.5) is 0 Å². The van der Waals surface area contributed by atoms with Crippen LogP contribution in [0.3, 0.4) is 0 Å². The molecule has 0 aliphatic rings. The van der Waals surface area contributed by atoms with Gasteiger partial charge in [-0.2, -0.15) is 0 Å². The SMILES string of the molecule is Cc1cc(C)cc(OCC(=O)N[C@H](CC(C)C)c2ccccc2)c1. The fraction of sp³-hybridized carbons (Fsp3) is 0.381. The van der Waals surface area contributed by atoms with Crippen molar-refractivity contribution in [1.29, 1.82) is 0 Å². The molecular weight excluding hydrogens is 298 g/mol. The van der Waals surface area contributed by atoms with E-state index in [4.69, 9.17) is 4.74 Å². The minimum absolute atomic E-state index is 0.0153. The first-order valence-electron chi connectivity index (χ1n) is 8.49. The van der Waals surface area contributed by atoms with Crippen molar-refractivity contribution in [3.8, 4) is 5.75 Å². The second-order valence-electron chi connectivity index (χ2n) is 6.77. The highest BCUT2D eigenvalue weighted by molar-refractivity contribution is 5.78. The summed E-state index contributed by atoms with van der Waals surface area (Å²) >= 11 is 0. The molecule has 0 bridgehead atoms. The van der Waals surface area contributed by atoms with Crippen LogP contribution in [0.5, 0.6) is 5.75 Å². The molecule has 0 aromatic heterocycles. The minimum Gasteiger partial charge on any atom is -0.484 e. The fourth-order valence-electron chi connectivity index (χ4n) is 2.84. The maximum atomic E-state index is 12.3. The van der Waals surface area contributed by atoms with E-state index in [0.29, 0.717) is 5.92 Å². The molecule has 0 spiro atoms. The number of rotatable bonds is 7. The van der Waals surface area contributed by atoms with E-state index in [-0.39, 0.29) is 18.6 Å². The van der Waals surface area contributed by atoms with Crippen LogP contribution in [0.2, 0.25) is 0 Å². The van der Waals surface area contributed by atoms with Crippen molar-refractivity contribution < 1.29 is 9.53 Å². The molecule has 0 fully saturated rings. The predicted molar refractivity (Wildman–Crippen MR) is 98.2 cm³/mol. The zero-order valence-electron chi connectivity index (χ0n) is 15.0. The Morgan fingerprint density at radius 2 is 1.67 bits per heavy atom. The van der Waals surface area contributed by atoms with Gasteiger partial charge in [0, 0.05) is 0 Å². The molecule has 0 heterocycles. The third-order valence-electron chi connectivity index (χ3n) is 3.81. The van der Waals surface area contributed by atoms with E-state index in [2.05, 4.69) is 37.4 Å². The van der Waals surface area contributed by atoms with Crippen LogP contribution in [0.25, 0.3) is 0 Å². The Balaban J connectivity index is 1.97. The van der Waals surface area contributed by atoms with Crippen molar-refractivity contribution in [2.75, 3.05) is 6.61 Å². The molecule has 0 saturated carbocycles. The molecule has 128 valence electrons. The maximum absolute atomic E-state index is 12.3. The lowest BCUT2D eigenvalue weighted by atomic mass is 9.97. The van der Waals surface area contributed by atoms with E-state index < -0.39 is 0 Å². The van der Waals surface area contributed by atoms with Gasteiger partial charge in [0.1, 0.15) is 5.75 Å². The molecule has 0 radical (unpaired) electrons. The molecule has 0 aliphatic carbocycles. The van der Waals surface area contributed by atoms with Gasteiger partial charge in [-0.15, -0.1) is 0 Å². The largest absolute Gasteiger partial charge is 0.484 e. The standard InChI is InChI=1S/C21H27NO2/c1-15(2)10-20(18-8-6-5-7-9-18)22-21(23)14-24-19-12-16(3)11-17(4)13-19/h5-9,11-13,15,20H,10,14H2,1-4H3,(H,22,23)/t20-/m1/s1. The Labute approximate surface area is 145 Å². The molecule has 3 heteroatoms. The Kier molecular flexibility index (Phi) is 6.42. The van der Waals surface area contributed by atoms with Gasteiger partial charge in [0.25, 0.3) is 5.91 Å². The van der Waals surface area contributed by atoms with E-state index in [9.17, 15) is 4.79 Å². The van der Waals surface area contributed by atoms with Crippen LogP contribution in [0.1, 0.15) is 43.0 Å². The van der Waals surface area contributed by atoms with E-state index in [1.807, 2.05) is 44.2 Å². The second-order valence-corrected chi connectivity index (χ2v) is 6.77. The Morgan fingerprint density at radius 3 is 2.25 bits per heavy atom. The zero-order valence-corrected chi connectivity index (χ0v) is 15.0. The van der Waals surface area contributed by atoms with Crippen molar-refractivity contribution in [2.24, 2.45) is 5.92 Å². The summed E-state index contributed by atoms with van der Waals surface area (Å²) in [6.45, 7) is 8.40. The highest BCUT2D eigenvalue weighted by Crippen LogP contribution is 2.21. The van der Waals surface area contributed by atoms with E-state index in [1.165, 1.54) is 0 Å². The summed E-state index contributed by atoms with van der Waals surface area (Å²) in [5, 5.41) is 3.10. The highest BCUT2D eigenvalue weighted by Gasteiger charge is 2.16. The first kappa shape index (κ1) is 18.1. The average molecular weight is 325 g/mol. The fourth-order valence-corrected chi connectivity index (χ4v) is 2.84. The van der Waals surface area contributed by atoms with Gasteiger partial charge in [0.15, 0.2) is 6.61 Å². The molecule has 0 unspecified atom stereocenters. The Hall–Kier alpha value is -2.29. The molecule has 2 rings (SSSR count). The summed E-state index contributed by atoms with van der Waals surface area (Å²) < 4.78 is 5.66. The number of ether oxygens (including phenoxy) is 1. The van der Waals surface area contributed by atoms with Gasteiger partial charge < -0.3 is 10.1 Å². The molecule has 1 N–H and O–H groups in total. The number of hydrogen-bond acceptors (Lipinski definition) is 2. The molecule has 0 aliphatic heterocycles. The number of benzene rings is 2.